The average Bonchev–Trinajstić information content (AvgIpc) is 3.05. The molecule has 3 rings (SSSR count). The minimum atomic E-state index is -0.523. The van der Waals surface area contributed by atoms with Crippen LogP contribution >= 0.6 is 0 Å². The highest BCUT2D eigenvalue weighted by Gasteiger charge is 2.19. The summed E-state index contributed by atoms with van der Waals surface area (Å²) in [7, 11) is 2.90. The Bertz CT molecular complexity index is 1180. The smallest absolute Gasteiger partial charge is 0.368 e. The normalized spacial score (nSPS) is 11.4. The van der Waals surface area contributed by atoms with E-state index in [-0.39, 0.29) is 18.0 Å². The fraction of sp³-hybridized carbons (Fsp3) is 0.263. The Morgan fingerprint density at radius 2 is 2.03 bits per heavy atom. The summed E-state index contributed by atoms with van der Waals surface area (Å²) in [4.78, 5) is 28.0. The van der Waals surface area contributed by atoms with E-state index in [0.717, 1.165) is 14.9 Å². The highest BCUT2D eigenvalue weighted by molar-refractivity contribution is 5.99. The van der Waals surface area contributed by atoms with E-state index < -0.39 is 10.6 Å². The van der Waals surface area contributed by atoms with Gasteiger partial charge in [0.1, 0.15) is 13.7 Å². The van der Waals surface area contributed by atoms with E-state index in [4.69, 9.17) is 9.57 Å². The van der Waals surface area contributed by atoms with Gasteiger partial charge >= 0.3 is 11.4 Å². The topological polar surface area (TPSA) is 127 Å². The molecule has 1 aromatic heterocycles. The summed E-state index contributed by atoms with van der Waals surface area (Å²) >= 11 is 0. The van der Waals surface area contributed by atoms with E-state index in [1.165, 1.54) is 26.3 Å². The highest BCUT2D eigenvalue weighted by atomic mass is 16.6. The zero-order valence-corrected chi connectivity index (χ0v) is 16.9. The van der Waals surface area contributed by atoms with Crippen LogP contribution in [0.1, 0.15) is 23.6 Å². The van der Waals surface area contributed by atoms with Gasteiger partial charge in [0.15, 0.2) is 5.75 Å². The Hall–Kier alpha value is -4.02. The van der Waals surface area contributed by atoms with Crippen LogP contribution in [0.25, 0.3) is 5.69 Å². The Morgan fingerprint density at radius 1 is 1.27 bits per heavy atom. The molecule has 0 radical (unpaired) electrons. The zero-order chi connectivity index (χ0) is 21.8. The van der Waals surface area contributed by atoms with Gasteiger partial charge in [-0.3, -0.25) is 10.1 Å². The van der Waals surface area contributed by atoms with Crippen LogP contribution in [0, 0.1) is 17.0 Å². The number of aromatic nitrogens is 4. The molecule has 0 bridgehead atoms. The van der Waals surface area contributed by atoms with Crippen LogP contribution in [0.4, 0.5) is 5.69 Å². The number of ether oxygens (including phenoxy) is 1. The van der Waals surface area contributed by atoms with Crippen molar-refractivity contribution in [1.29, 1.82) is 0 Å². The molecule has 30 heavy (non-hydrogen) atoms. The second-order valence-electron chi connectivity index (χ2n) is 6.46. The molecule has 0 atom stereocenters. The van der Waals surface area contributed by atoms with Gasteiger partial charge in [0.25, 0.3) is 0 Å². The zero-order valence-electron chi connectivity index (χ0n) is 16.9. The van der Waals surface area contributed by atoms with Gasteiger partial charge in [-0.15, -0.1) is 0 Å². The third kappa shape index (κ3) is 4.04. The third-order valence-corrected chi connectivity index (χ3v) is 4.51. The molecule has 0 aliphatic rings. The molecule has 1 heterocycles. The van der Waals surface area contributed by atoms with Gasteiger partial charge in [-0.25, -0.2) is 4.79 Å². The number of aryl methyl sites for hydroxylation is 2. The molecule has 0 saturated carbocycles. The number of benzene rings is 2. The quantitative estimate of drug-likeness (QED) is 0.330. The van der Waals surface area contributed by atoms with Crippen LogP contribution in [0.2, 0.25) is 0 Å². The van der Waals surface area contributed by atoms with Crippen LogP contribution in [-0.2, 0) is 18.5 Å². The molecule has 0 saturated heterocycles. The van der Waals surface area contributed by atoms with Gasteiger partial charge in [-0.1, -0.05) is 17.3 Å². The molecule has 11 heteroatoms. The van der Waals surface area contributed by atoms with E-state index in [1.807, 2.05) is 13.0 Å². The number of tetrazole rings is 1. The fourth-order valence-electron chi connectivity index (χ4n) is 2.88. The standard InChI is InChI=1S/C19H20N6O5/c1-12-6-5-7-16(24-19(26)23(3)21-22-24)15(12)11-30-18-9-8-14(13(2)20-29-4)10-17(18)25(27)28/h5-10H,11H2,1-4H3. The lowest BCUT2D eigenvalue weighted by atomic mass is 10.1. The molecule has 0 aliphatic carbocycles. The van der Waals surface area contributed by atoms with Crippen LogP contribution < -0.4 is 10.4 Å². The molecular formula is C19H20N6O5. The maximum Gasteiger partial charge on any atom is 0.368 e. The number of hydrogen-bond donors (Lipinski definition) is 0. The van der Waals surface area contributed by atoms with Crippen molar-refractivity contribution in [3.63, 3.8) is 0 Å². The molecule has 0 spiro atoms. The van der Waals surface area contributed by atoms with Gasteiger partial charge in [0.05, 0.1) is 16.3 Å². The Labute approximate surface area is 171 Å². The van der Waals surface area contributed by atoms with Gasteiger partial charge in [0, 0.05) is 24.2 Å². The molecule has 3 aromatic rings. The van der Waals surface area contributed by atoms with Crippen LogP contribution in [0.15, 0.2) is 46.3 Å². The maximum atomic E-state index is 12.3. The van der Waals surface area contributed by atoms with Crippen molar-refractivity contribution < 1.29 is 14.5 Å². The molecule has 156 valence electrons. The molecule has 2 aromatic carbocycles. The second-order valence-corrected chi connectivity index (χ2v) is 6.46. The summed E-state index contributed by atoms with van der Waals surface area (Å²) in [6.45, 7) is 3.53. The van der Waals surface area contributed by atoms with Crippen molar-refractivity contribution in [2.24, 2.45) is 12.2 Å². The molecule has 0 N–H and O–H groups in total. The number of oxime groups is 1. The summed E-state index contributed by atoms with van der Waals surface area (Å²) in [6, 6.07) is 9.89. The summed E-state index contributed by atoms with van der Waals surface area (Å²) in [5.74, 6) is 0.0923. The lowest BCUT2D eigenvalue weighted by Gasteiger charge is -2.13. The molecule has 11 nitrogen and oxygen atoms in total. The number of nitro benzene ring substituents is 1. The number of hydrogen-bond acceptors (Lipinski definition) is 8. The van der Waals surface area contributed by atoms with E-state index >= 15 is 0 Å². The van der Waals surface area contributed by atoms with Gasteiger partial charge in [-0.2, -0.15) is 9.36 Å². The van der Waals surface area contributed by atoms with Crippen molar-refractivity contribution in [1.82, 2.24) is 19.8 Å². The molecule has 0 amide bonds. The van der Waals surface area contributed by atoms with Crippen molar-refractivity contribution in [3.8, 4) is 11.4 Å². The van der Waals surface area contributed by atoms with Crippen molar-refractivity contribution >= 4 is 11.4 Å². The summed E-state index contributed by atoms with van der Waals surface area (Å²) < 4.78 is 8.06. The monoisotopic (exact) mass is 412 g/mol. The van der Waals surface area contributed by atoms with E-state index in [1.54, 1.807) is 25.1 Å². The predicted octanol–water partition coefficient (Wildman–Crippen LogP) is 2.13. The summed E-state index contributed by atoms with van der Waals surface area (Å²) in [6.07, 6.45) is 0. The third-order valence-electron chi connectivity index (χ3n) is 4.51. The average molecular weight is 412 g/mol. The largest absolute Gasteiger partial charge is 0.482 e. The summed E-state index contributed by atoms with van der Waals surface area (Å²) in [5.41, 5.74) is 2.42. The Kier molecular flexibility index (Phi) is 5.90. The van der Waals surface area contributed by atoms with Crippen LogP contribution in [0.3, 0.4) is 0 Å². The SMILES string of the molecule is CON=C(C)c1ccc(OCc2c(C)cccc2-n2nnn(C)c2=O)c([N+](=O)[O-])c1. The first-order chi connectivity index (χ1) is 14.3. The van der Waals surface area contributed by atoms with Crippen LogP contribution in [-0.4, -0.2) is 37.5 Å². The second kappa shape index (κ2) is 8.55. The van der Waals surface area contributed by atoms with Crippen LogP contribution in [0.5, 0.6) is 5.75 Å². The lowest BCUT2D eigenvalue weighted by molar-refractivity contribution is -0.386. The number of nitro groups is 1. The summed E-state index contributed by atoms with van der Waals surface area (Å²) in [5, 5.41) is 22.9. The first kappa shape index (κ1) is 20.7. The highest BCUT2D eigenvalue weighted by Crippen LogP contribution is 2.30. The maximum absolute atomic E-state index is 12.3. The minimum absolute atomic E-state index is 0.00362. The first-order valence-electron chi connectivity index (χ1n) is 8.90. The van der Waals surface area contributed by atoms with Crippen molar-refractivity contribution in [2.45, 2.75) is 20.5 Å². The van der Waals surface area contributed by atoms with E-state index in [9.17, 15) is 14.9 Å². The predicted molar refractivity (Wildman–Crippen MR) is 108 cm³/mol. The number of rotatable bonds is 7. The fourth-order valence-corrected chi connectivity index (χ4v) is 2.88. The van der Waals surface area contributed by atoms with Gasteiger partial charge in [0.2, 0.25) is 0 Å². The molecule has 0 aliphatic heterocycles. The van der Waals surface area contributed by atoms with Crippen molar-refractivity contribution in [3.05, 3.63) is 73.7 Å². The van der Waals surface area contributed by atoms with Gasteiger partial charge < -0.3 is 9.57 Å². The molecule has 0 unspecified atom stereocenters. The number of nitrogens with zero attached hydrogens (tertiary/aromatic N) is 6. The van der Waals surface area contributed by atoms with Gasteiger partial charge in [-0.05, 0) is 48.0 Å². The Balaban J connectivity index is 1.96. The molecule has 0 fully saturated rings. The minimum Gasteiger partial charge on any atom is -0.482 e. The Morgan fingerprint density at radius 3 is 2.67 bits per heavy atom. The van der Waals surface area contributed by atoms with E-state index in [2.05, 4.69) is 15.6 Å². The first-order valence-corrected chi connectivity index (χ1v) is 8.90. The van der Waals surface area contributed by atoms with Crippen molar-refractivity contribution in [2.75, 3.05) is 7.11 Å². The molecular weight excluding hydrogens is 392 g/mol. The lowest BCUT2D eigenvalue weighted by Crippen LogP contribution is -2.23. The van der Waals surface area contributed by atoms with E-state index in [0.29, 0.717) is 22.5 Å².